The van der Waals surface area contributed by atoms with E-state index in [1.54, 1.807) is 6.08 Å². The minimum absolute atomic E-state index is 0.0940. The first-order chi connectivity index (χ1) is 8.08. The molecular formula is C15H26O3. The Morgan fingerprint density at radius 2 is 2.00 bits per heavy atom. The molecule has 0 radical (unpaired) electrons. The van der Waals surface area contributed by atoms with Gasteiger partial charge in [0.15, 0.2) is 0 Å². The second-order valence-corrected chi connectivity index (χ2v) is 7.11. The third-order valence-corrected chi connectivity index (χ3v) is 5.49. The number of hydrogen-bond donors (Lipinski definition) is 2. The van der Waals surface area contributed by atoms with Crippen molar-refractivity contribution in [1.29, 1.82) is 0 Å². The molecule has 0 spiro atoms. The van der Waals surface area contributed by atoms with E-state index in [1.165, 1.54) is 0 Å². The summed E-state index contributed by atoms with van der Waals surface area (Å²) in [5.41, 5.74) is -2.66. The van der Waals surface area contributed by atoms with Crippen LogP contribution in [0.2, 0.25) is 0 Å². The highest BCUT2D eigenvalue weighted by atomic mass is 16.5. The average molecular weight is 254 g/mol. The van der Waals surface area contributed by atoms with Crippen molar-refractivity contribution in [3.05, 3.63) is 12.7 Å². The van der Waals surface area contributed by atoms with Crippen molar-refractivity contribution < 1.29 is 14.9 Å². The largest absolute Gasteiger partial charge is 0.390 e. The Labute approximate surface area is 110 Å². The van der Waals surface area contributed by atoms with Gasteiger partial charge in [0.05, 0.1) is 12.2 Å². The molecule has 1 saturated heterocycles. The Bertz CT molecular complexity index is 359. The SMILES string of the molecule is C=C[C@@]1(C)OC[C@]2(C)CC[C@@H](C(C)(C)O)C[C@@]21O. The number of ether oxygens (including phenoxy) is 1. The first-order valence-electron chi connectivity index (χ1n) is 6.80. The summed E-state index contributed by atoms with van der Waals surface area (Å²) in [6.45, 7) is 12.0. The summed E-state index contributed by atoms with van der Waals surface area (Å²) in [5, 5.41) is 21.4. The molecule has 2 aliphatic rings. The zero-order valence-electron chi connectivity index (χ0n) is 12.0. The van der Waals surface area contributed by atoms with Gasteiger partial charge in [-0.25, -0.2) is 0 Å². The first kappa shape index (κ1) is 14.0. The van der Waals surface area contributed by atoms with Crippen molar-refractivity contribution in [2.24, 2.45) is 11.3 Å². The van der Waals surface area contributed by atoms with Crippen LogP contribution in [0.4, 0.5) is 0 Å². The zero-order chi connectivity index (χ0) is 13.8. The van der Waals surface area contributed by atoms with E-state index in [4.69, 9.17) is 4.74 Å². The van der Waals surface area contributed by atoms with E-state index in [0.29, 0.717) is 13.0 Å². The van der Waals surface area contributed by atoms with Crippen molar-refractivity contribution in [2.75, 3.05) is 6.61 Å². The van der Waals surface area contributed by atoms with Gasteiger partial charge in [0.2, 0.25) is 0 Å². The molecule has 0 unspecified atom stereocenters. The first-order valence-corrected chi connectivity index (χ1v) is 6.80. The smallest absolute Gasteiger partial charge is 0.112 e. The molecule has 1 aliphatic carbocycles. The maximum Gasteiger partial charge on any atom is 0.112 e. The summed E-state index contributed by atoms with van der Waals surface area (Å²) in [6.07, 6.45) is 4.08. The van der Waals surface area contributed by atoms with E-state index in [2.05, 4.69) is 13.5 Å². The van der Waals surface area contributed by atoms with Crippen LogP contribution in [0, 0.1) is 11.3 Å². The summed E-state index contributed by atoms with van der Waals surface area (Å²) < 4.78 is 5.85. The van der Waals surface area contributed by atoms with Crippen LogP contribution in [0.1, 0.15) is 47.0 Å². The maximum atomic E-state index is 11.2. The van der Waals surface area contributed by atoms with Crippen molar-refractivity contribution in [3.8, 4) is 0 Å². The van der Waals surface area contributed by atoms with Crippen molar-refractivity contribution in [1.82, 2.24) is 0 Å². The highest BCUT2D eigenvalue weighted by Gasteiger charge is 2.66. The molecule has 2 fully saturated rings. The van der Waals surface area contributed by atoms with Crippen molar-refractivity contribution >= 4 is 0 Å². The highest BCUT2D eigenvalue weighted by molar-refractivity contribution is 5.21. The Morgan fingerprint density at radius 1 is 1.39 bits per heavy atom. The van der Waals surface area contributed by atoms with Crippen LogP contribution in [0.3, 0.4) is 0 Å². The molecular weight excluding hydrogens is 228 g/mol. The van der Waals surface area contributed by atoms with Gasteiger partial charge < -0.3 is 14.9 Å². The van der Waals surface area contributed by atoms with Gasteiger partial charge in [0.25, 0.3) is 0 Å². The molecule has 1 aliphatic heterocycles. The lowest BCUT2D eigenvalue weighted by Gasteiger charge is -2.52. The van der Waals surface area contributed by atoms with Crippen LogP contribution >= 0.6 is 0 Å². The summed E-state index contributed by atoms with van der Waals surface area (Å²) in [5.74, 6) is 0.0940. The second kappa shape index (κ2) is 3.81. The molecule has 2 rings (SSSR count). The average Bonchev–Trinajstić information content (AvgIpc) is 2.48. The Morgan fingerprint density at radius 3 is 2.50 bits per heavy atom. The lowest BCUT2D eigenvalue weighted by atomic mass is 9.56. The second-order valence-electron chi connectivity index (χ2n) is 7.11. The molecule has 2 N–H and O–H groups in total. The zero-order valence-corrected chi connectivity index (χ0v) is 12.0. The molecule has 1 saturated carbocycles. The van der Waals surface area contributed by atoms with Gasteiger partial charge >= 0.3 is 0 Å². The maximum absolute atomic E-state index is 11.2. The quantitative estimate of drug-likeness (QED) is 0.743. The van der Waals surface area contributed by atoms with E-state index in [1.807, 2.05) is 20.8 Å². The topological polar surface area (TPSA) is 49.7 Å². The van der Waals surface area contributed by atoms with Crippen molar-refractivity contribution in [2.45, 2.75) is 63.8 Å². The van der Waals surface area contributed by atoms with Gasteiger partial charge in [0, 0.05) is 5.41 Å². The van der Waals surface area contributed by atoms with Crippen LogP contribution in [0.15, 0.2) is 12.7 Å². The van der Waals surface area contributed by atoms with Crippen molar-refractivity contribution in [3.63, 3.8) is 0 Å². The van der Waals surface area contributed by atoms with Gasteiger partial charge in [0.1, 0.15) is 11.2 Å². The minimum Gasteiger partial charge on any atom is -0.390 e. The fourth-order valence-corrected chi connectivity index (χ4v) is 3.66. The third kappa shape index (κ3) is 1.68. The van der Waals surface area contributed by atoms with Gasteiger partial charge in [-0.3, -0.25) is 0 Å². The summed E-state index contributed by atoms with van der Waals surface area (Å²) in [6, 6.07) is 0. The Kier molecular flexibility index (Phi) is 2.97. The molecule has 18 heavy (non-hydrogen) atoms. The van der Waals surface area contributed by atoms with Gasteiger partial charge in [-0.05, 0) is 46.0 Å². The predicted octanol–water partition coefficient (Wildman–Crippen LogP) is 2.27. The fourth-order valence-electron chi connectivity index (χ4n) is 3.66. The van der Waals surface area contributed by atoms with E-state index < -0.39 is 16.8 Å². The molecule has 4 atom stereocenters. The molecule has 0 aromatic heterocycles. The third-order valence-electron chi connectivity index (χ3n) is 5.49. The number of fused-ring (bicyclic) bond motifs is 1. The number of aliphatic hydroxyl groups is 2. The molecule has 0 bridgehead atoms. The van der Waals surface area contributed by atoms with E-state index in [-0.39, 0.29) is 11.3 Å². The molecule has 0 aromatic carbocycles. The fraction of sp³-hybridized carbons (Fsp3) is 0.867. The summed E-state index contributed by atoms with van der Waals surface area (Å²) in [4.78, 5) is 0. The van der Waals surface area contributed by atoms with Crippen LogP contribution in [-0.4, -0.2) is 33.6 Å². The monoisotopic (exact) mass is 254 g/mol. The molecule has 3 nitrogen and oxygen atoms in total. The lowest BCUT2D eigenvalue weighted by Crippen LogP contribution is -2.60. The van der Waals surface area contributed by atoms with E-state index in [0.717, 1.165) is 12.8 Å². The molecule has 104 valence electrons. The normalized spacial score (nSPS) is 48.9. The van der Waals surface area contributed by atoms with E-state index in [9.17, 15) is 10.2 Å². The summed E-state index contributed by atoms with van der Waals surface area (Å²) in [7, 11) is 0. The molecule has 3 heteroatoms. The van der Waals surface area contributed by atoms with Crippen LogP contribution in [0.25, 0.3) is 0 Å². The van der Waals surface area contributed by atoms with Crippen LogP contribution in [-0.2, 0) is 4.74 Å². The minimum atomic E-state index is -0.940. The highest BCUT2D eigenvalue weighted by Crippen LogP contribution is 2.58. The molecule has 0 aromatic rings. The van der Waals surface area contributed by atoms with Gasteiger partial charge in [-0.1, -0.05) is 13.0 Å². The van der Waals surface area contributed by atoms with Gasteiger partial charge in [-0.15, -0.1) is 6.58 Å². The molecule has 0 amide bonds. The lowest BCUT2D eigenvalue weighted by molar-refractivity contribution is -0.162. The van der Waals surface area contributed by atoms with E-state index >= 15 is 0 Å². The standard InChI is InChI=1S/C15H26O3/c1-6-14(5)15(17)9-11(12(2,3)16)7-8-13(15,4)10-18-14/h6,11,16-17H,1,7-10H2,2-5H3/t11-,13+,14-,15-/m1/s1. The summed E-state index contributed by atoms with van der Waals surface area (Å²) >= 11 is 0. The molecule has 1 heterocycles. The number of hydrogen-bond acceptors (Lipinski definition) is 3. The van der Waals surface area contributed by atoms with Crippen LogP contribution < -0.4 is 0 Å². The van der Waals surface area contributed by atoms with Crippen LogP contribution in [0.5, 0.6) is 0 Å². The number of rotatable bonds is 2. The Hall–Kier alpha value is -0.380. The Balaban J connectivity index is 2.37. The predicted molar refractivity (Wildman–Crippen MR) is 71.2 cm³/mol. The van der Waals surface area contributed by atoms with Gasteiger partial charge in [-0.2, -0.15) is 0 Å².